The summed E-state index contributed by atoms with van der Waals surface area (Å²) < 4.78 is 0. The van der Waals surface area contributed by atoms with Crippen LogP contribution in [0.4, 0.5) is 0 Å². The van der Waals surface area contributed by atoms with E-state index in [9.17, 15) is 0 Å². The molecule has 2 N–H and O–H groups in total. The van der Waals surface area contributed by atoms with Crippen LogP contribution in [0.25, 0.3) is 0 Å². The van der Waals surface area contributed by atoms with Crippen molar-refractivity contribution in [2.45, 2.75) is 51.4 Å². The molecule has 3 aliphatic rings. The van der Waals surface area contributed by atoms with Crippen molar-refractivity contribution in [3.63, 3.8) is 0 Å². The minimum atomic E-state index is 0.872. The number of unbranched alkanes of at least 4 members (excludes halogenated alkanes) is 3. The van der Waals surface area contributed by atoms with Crippen LogP contribution in [0.15, 0.2) is 12.2 Å². The normalized spacial score (nSPS) is 33.5. The molecule has 2 bridgehead atoms. The molecule has 3 unspecified atom stereocenters. The first kappa shape index (κ1) is 11.2. The molecule has 3 atom stereocenters. The zero-order valence-corrected chi connectivity index (χ0v) is 9.83. The topological polar surface area (TPSA) is 26.0 Å². The fourth-order valence-electron chi connectivity index (χ4n) is 3.29. The van der Waals surface area contributed by atoms with Gasteiger partial charge in [0.1, 0.15) is 0 Å². The van der Waals surface area contributed by atoms with Gasteiger partial charge in [-0.1, -0.05) is 31.4 Å². The Morgan fingerprint density at radius 2 is 1.87 bits per heavy atom. The van der Waals surface area contributed by atoms with Crippen LogP contribution >= 0.6 is 0 Å². The fourth-order valence-corrected chi connectivity index (χ4v) is 3.29. The van der Waals surface area contributed by atoms with Crippen molar-refractivity contribution in [3.8, 4) is 0 Å². The Kier molecular flexibility index (Phi) is 4.25. The largest absolute Gasteiger partial charge is 0.330 e. The van der Waals surface area contributed by atoms with E-state index in [0.29, 0.717) is 0 Å². The highest BCUT2D eigenvalue weighted by molar-refractivity contribution is 5.05. The molecule has 0 heterocycles. The van der Waals surface area contributed by atoms with Gasteiger partial charge in [0.15, 0.2) is 0 Å². The highest BCUT2D eigenvalue weighted by atomic mass is 14.5. The van der Waals surface area contributed by atoms with Crippen molar-refractivity contribution >= 4 is 0 Å². The minimum absolute atomic E-state index is 0.872. The average molecular weight is 207 g/mol. The van der Waals surface area contributed by atoms with Crippen LogP contribution in [0, 0.1) is 17.8 Å². The smallest absolute Gasteiger partial charge is 0.00773 e. The Morgan fingerprint density at radius 1 is 1.00 bits per heavy atom. The molecule has 1 saturated carbocycles. The summed E-state index contributed by atoms with van der Waals surface area (Å²) in [5.41, 5.74) is 5.49. The van der Waals surface area contributed by atoms with Crippen molar-refractivity contribution in [2.24, 2.45) is 23.5 Å². The molecule has 86 valence electrons. The summed E-state index contributed by atoms with van der Waals surface area (Å²) in [7, 11) is 0. The number of nitrogens with two attached hydrogens (primary N) is 1. The molecule has 3 aliphatic carbocycles. The van der Waals surface area contributed by atoms with E-state index >= 15 is 0 Å². The molecule has 0 aromatic carbocycles. The summed E-state index contributed by atoms with van der Waals surface area (Å²) in [6.07, 6.45) is 16.2. The fraction of sp³-hybridized carbons (Fsp3) is 0.857. The summed E-state index contributed by atoms with van der Waals surface area (Å²) in [5, 5.41) is 0. The Labute approximate surface area is 94.1 Å². The van der Waals surface area contributed by atoms with E-state index in [4.69, 9.17) is 5.73 Å². The Bertz CT molecular complexity index is 209. The molecular formula is C14H25N. The second-order valence-electron chi connectivity index (χ2n) is 5.37. The first-order valence-corrected chi connectivity index (χ1v) is 6.78. The first-order chi connectivity index (χ1) is 7.40. The Balaban J connectivity index is 1.62. The molecule has 0 aromatic heterocycles. The van der Waals surface area contributed by atoms with Crippen molar-refractivity contribution in [3.05, 3.63) is 12.2 Å². The number of hydrogen-bond donors (Lipinski definition) is 1. The average Bonchev–Trinajstić information content (AvgIpc) is 2.30. The standard InChI is InChI=1S/C14H25N/c15-10-4-2-1-3-5-14-11-12-6-8-13(14)9-7-12/h6,8,12-14H,1-5,7,9-11,15H2. The molecule has 3 rings (SSSR count). The van der Waals surface area contributed by atoms with Gasteiger partial charge in [-0.05, 0) is 56.4 Å². The van der Waals surface area contributed by atoms with Crippen molar-refractivity contribution in [2.75, 3.05) is 6.54 Å². The van der Waals surface area contributed by atoms with Gasteiger partial charge >= 0.3 is 0 Å². The molecule has 0 aliphatic heterocycles. The Hall–Kier alpha value is -0.300. The van der Waals surface area contributed by atoms with Gasteiger partial charge in [0, 0.05) is 0 Å². The lowest BCUT2D eigenvalue weighted by molar-refractivity contribution is 0.205. The van der Waals surface area contributed by atoms with Gasteiger partial charge in [-0.2, -0.15) is 0 Å². The molecule has 15 heavy (non-hydrogen) atoms. The van der Waals surface area contributed by atoms with Crippen LogP contribution in [-0.4, -0.2) is 6.54 Å². The molecule has 1 heteroatoms. The van der Waals surface area contributed by atoms with Crippen LogP contribution < -0.4 is 5.73 Å². The zero-order valence-electron chi connectivity index (χ0n) is 9.83. The molecule has 0 amide bonds. The quantitative estimate of drug-likeness (QED) is 0.523. The first-order valence-electron chi connectivity index (χ1n) is 6.78. The van der Waals surface area contributed by atoms with Gasteiger partial charge in [-0.3, -0.25) is 0 Å². The predicted molar refractivity (Wildman–Crippen MR) is 65.6 cm³/mol. The van der Waals surface area contributed by atoms with Crippen LogP contribution in [-0.2, 0) is 0 Å². The van der Waals surface area contributed by atoms with Crippen molar-refractivity contribution in [1.82, 2.24) is 0 Å². The third-order valence-corrected chi connectivity index (χ3v) is 4.24. The summed E-state index contributed by atoms with van der Waals surface area (Å²) in [6.45, 7) is 0.872. The lowest BCUT2D eigenvalue weighted by atomic mass is 9.67. The van der Waals surface area contributed by atoms with E-state index < -0.39 is 0 Å². The molecule has 1 fully saturated rings. The van der Waals surface area contributed by atoms with Gasteiger partial charge in [0.2, 0.25) is 0 Å². The van der Waals surface area contributed by atoms with E-state index in [-0.39, 0.29) is 0 Å². The summed E-state index contributed by atoms with van der Waals surface area (Å²) >= 11 is 0. The second kappa shape index (κ2) is 5.69. The van der Waals surface area contributed by atoms with Crippen LogP contribution in [0.5, 0.6) is 0 Å². The molecule has 0 spiro atoms. The Morgan fingerprint density at radius 3 is 2.47 bits per heavy atom. The van der Waals surface area contributed by atoms with Crippen LogP contribution in [0.1, 0.15) is 51.4 Å². The number of allylic oxidation sites excluding steroid dienone is 2. The van der Waals surface area contributed by atoms with Gasteiger partial charge in [-0.15, -0.1) is 0 Å². The highest BCUT2D eigenvalue weighted by Crippen LogP contribution is 2.42. The lowest BCUT2D eigenvalue weighted by Crippen LogP contribution is -2.27. The van der Waals surface area contributed by atoms with E-state index in [1.54, 1.807) is 0 Å². The molecule has 1 nitrogen and oxygen atoms in total. The predicted octanol–water partition coefficient (Wildman–Crippen LogP) is 3.50. The monoisotopic (exact) mass is 207 g/mol. The maximum atomic E-state index is 5.49. The molecular weight excluding hydrogens is 182 g/mol. The number of hydrogen-bond acceptors (Lipinski definition) is 1. The van der Waals surface area contributed by atoms with Crippen LogP contribution in [0.3, 0.4) is 0 Å². The van der Waals surface area contributed by atoms with Gasteiger partial charge in [0.25, 0.3) is 0 Å². The maximum absolute atomic E-state index is 5.49. The minimum Gasteiger partial charge on any atom is -0.330 e. The van der Waals surface area contributed by atoms with Crippen LogP contribution in [0.2, 0.25) is 0 Å². The van der Waals surface area contributed by atoms with E-state index in [0.717, 1.165) is 24.3 Å². The van der Waals surface area contributed by atoms with E-state index in [1.807, 2.05) is 0 Å². The van der Waals surface area contributed by atoms with Crippen molar-refractivity contribution in [1.29, 1.82) is 0 Å². The maximum Gasteiger partial charge on any atom is -0.00773 e. The molecule has 0 saturated heterocycles. The van der Waals surface area contributed by atoms with Gasteiger partial charge < -0.3 is 5.73 Å². The van der Waals surface area contributed by atoms with E-state index in [2.05, 4.69) is 12.2 Å². The second-order valence-corrected chi connectivity index (χ2v) is 5.37. The lowest BCUT2D eigenvalue weighted by Gasteiger charge is -2.38. The van der Waals surface area contributed by atoms with Gasteiger partial charge in [0.05, 0.1) is 0 Å². The zero-order chi connectivity index (χ0) is 10.5. The highest BCUT2D eigenvalue weighted by Gasteiger charge is 2.30. The third-order valence-electron chi connectivity index (χ3n) is 4.24. The summed E-state index contributed by atoms with van der Waals surface area (Å²) in [4.78, 5) is 0. The summed E-state index contributed by atoms with van der Waals surface area (Å²) in [6, 6.07) is 0. The number of fused-ring (bicyclic) bond motifs is 2. The summed E-state index contributed by atoms with van der Waals surface area (Å²) in [5.74, 6) is 2.89. The third kappa shape index (κ3) is 3.07. The van der Waals surface area contributed by atoms with Gasteiger partial charge in [-0.25, -0.2) is 0 Å². The molecule has 0 aromatic rings. The van der Waals surface area contributed by atoms with E-state index in [1.165, 1.54) is 51.4 Å². The molecule has 0 radical (unpaired) electrons. The SMILES string of the molecule is NCCCCCCC1CC2C=CC1CC2. The van der Waals surface area contributed by atoms with Crippen molar-refractivity contribution < 1.29 is 0 Å². The number of rotatable bonds is 6.